The van der Waals surface area contributed by atoms with Crippen molar-refractivity contribution < 1.29 is 43.2 Å². The normalized spacial score (nSPS) is 33.9. The summed E-state index contributed by atoms with van der Waals surface area (Å²) in [5, 5.41) is 51.2. The minimum atomic E-state index is -4.17. The lowest BCUT2D eigenvalue weighted by Crippen LogP contribution is -2.61. The van der Waals surface area contributed by atoms with Gasteiger partial charge in [0.1, 0.15) is 18.3 Å². The van der Waals surface area contributed by atoms with Gasteiger partial charge >= 0.3 is 10.3 Å². The largest absolute Gasteiger partial charge is 0.507 e. The second-order valence-electron chi connectivity index (χ2n) is 4.37. The van der Waals surface area contributed by atoms with Gasteiger partial charge in [0.05, 0.1) is 6.61 Å². The van der Waals surface area contributed by atoms with Gasteiger partial charge in [-0.05, 0) is 19.4 Å². The highest BCUT2D eigenvalue weighted by molar-refractivity contribution is 7.83. The van der Waals surface area contributed by atoms with E-state index in [0.717, 1.165) is 0 Å². The smallest absolute Gasteiger partial charge is 0.330 e. The minimum absolute atomic E-state index is 0.347. The molecule has 0 amide bonds. The third kappa shape index (κ3) is 5.30. The zero-order valence-corrected chi connectivity index (χ0v) is 11.6. The van der Waals surface area contributed by atoms with Crippen LogP contribution in [-0.2, 0) is 15.0 Å². The molecular weight excluding hydrogens is 298 g/mol. The molecule has 0 radical (unpaired) electrons. The SMILES string of the molecule is CC(C)=C(O)C1(O)OC[C@@H](O)[C@@H](O)[C@@H]1O.NS(=O)(=O)O. The number of aliphatic hydroxyl groups excluding tert-OH is 4. The van der Waals surface area contributed by atoms with Gasteiger partial charge in [0.2, 0.25) is 0 Å². The Morgan fingerprint density at radius 2 is 1.70 bits per heavy atom. The fourth-order valence-corrected chi connectivity index (χ4v) is 1.40. The molecule has 0 aromatic rings. The second-order valence-corrected chi connectivity index (χ2v) is 5.40. The molecule has 8 N–H and O–H groups in total. The highest BCUT2D eigenvalue weighted by Crippen LogP contribution is 2.30. The van der Waals surface area contributed by atoms with Gasteiger partial charge in [-0.1, -0.05) is 0 Å². The Morgan fingerprint density at radius 3 is 2.05 bits per heavy atom. The van der Waals surface area contributed by atoms with Crippen molar-refractivity contribution in [1.82, 2.24) is 0 Å². The maximum Gasteiger partial charge on any atom is 0.330 e. The summed E-state index contributed by atoms with van der Waals surface area (Å²) in [5.41, 5.74) is 0.347. The van der Waals surface area contributed by atoms with Gasteiger partial charge < -0.3 is 30.3 Å². The summed E-state index contributed by atoms with van der Waals surface area (Å²) in [6.45, 7) is 2.66. The summed E-state index contributed by atoms with van der Waals surface area (Å²) in [6, 6.07) is 0. The van der Waals surface area contributed by atoms with Crippen molar-refractivity contribution in [3.63, 3.8) is 0 Å². The van der Waals surface area contributed by atoms with Crippen molar-refractivity contribution in [3.8, 4) is 0 Å². The lowest BCUT2D eigenvalue weighted by atomic mass is 9.94. The van der Waals surface area contributed by atoms with E-state index in [0.29, 0.717) is 5.57 Å². The zero-order chi connectivity index (χ0) is 16.3. The molecule has 4 atom stereocenters. The first-order valence-electron chi connectivity index (χ1n) is 5.33. The predicted molar refractivity (Wildman–Crippen MR) is 65.7 cm³/mol. The lowest BCUT2D eigenvalue weighted by Gasteiger charge is -2.41. The van der Waals surface area contributed by atoms with Crippen molar-refractivity contribution >= 4 is 10.3 Å². The van der Waals surface area contributed by atoms with E-state index in [-0.39, 0.29) is 6.61 Å². The molecule has 0 aromatic carbocycles. The van der Waals surface area contributed by atoms with Crippen molar-refractivity contribution in [2.75, 3.05) is 6.61 Å². The Hall–Kier alpha value is -0.790. The fourth-order valence-electron chi connectivity index (χ4n) is 1.40. The number of rotatable bonds is 1. The quantitative estimate of drug-likeness (QED) is 0.200. The second kappa shape index (κ2) is 6.78. The lowest BCUT2D eigenvalue weighted by molar-refractivity contribution is -0.312. The van der Waals surface area contributed by atoms with E-state index >= 15 is 0 Å². The van der Waals surface area contributed by atoms with Crippen molar-refractivity contribution in [2.45, 2.75) is 37.9 Å². The number of nitrogens with two attached hydrogens (primary N) is 1. The van der Waals surface area contributed by atoms with E-state index in [9.17, 15) is 20.4 Å². The van der Waals surface area contributed by atoms with Gasteiger partial charge in [-0.3, -0.25) is 4.55 Å². The van der Waals surface area contributed by atoms with Gasteiger partial charge in [-0.2, -0.15) is 8.42 Å². The number of allylic oxidation sites excluding steroid dienone is 1. The van der Waals surface area contributed by atoms with Crippen LogP contribution >= 0.6 is 0 Å². The summed E-state index contributed by atoms with van der Waals surface area (Å²) in [5.74, 6) is -2.90. The zero-order valence-electron chi connectivity index (χ0n) is 10.8. The molecule has 0 aliphatic carbocycles. The summed E-state index contributed by atoms with van der Waals surface area (Å²) < 4.78 is 30.0. The summed E-state index contributed by atoms with van der Waals surface area (Å²) in [7, 11) is -4.17. The van der Waals surface area contributed by atoms with Crippen LogP contribution in [-0.4, -0.2) is 69.2 Å². The van der Waals surface area contributed by atoms with Crippen LogP contribution < -0.4 is 5.14 Å². The van der Waals surface area contributed by atoms with Crippen LogP contribution in [0, 0.1) is 0 Å². The molecule has 1 rings (SSSR count). The molecule has 1 fully saturated rings. The highest BCUT2D eigenvalue weighted by Gasteiger charge is 2.51. The minimum Gasteiger partial charge on any atom is -0.507 e. The first kappa shape index (κ1) is 19.2. The first-order valence-corrected chi connectivity index (χ1v) is 6.83. The van der Waals surface area contributed by atoms with Crippen molar-refractivity contribution in [1.29, 1.82) is 0 Å². The predicted octanol–water partition coefficient (Wildman–Crippen LogP) is -2.61. The van der Waals surface area contributed by atoms with Crippen LogP contribution in [0.4, 0.5) is 0 Å². The maximum atomic E-state index is 9.82. The van der Waals surface area contributed by atoms with E-state index in [1.165, 1.54) is 13.8 Å². The molecule has 1 aliphatic rings. The van der Waals surface area contributed by atoms with Gasteiger partial charge in [-0.15, -0.1) is 0 Å². The first-order chi connectivity index (χ1) is 8.80. The van der Waals surface area contributed by atoms with Gasteiger partial charge in [0, 0.05) is 0 Å². The summed E-state index contributed by atoms with van der Waals surface area (Å²) >= 11 is 0. The molecule has 0 spiro atoms. The van der Waals surface area contributed by atoms with Gasteiger partial charge in [0.15, 0.2) is 5.76 Å². The Labute approximate surface area is 115 Å². The standard InChI is InChI=1S/C9H16O6.H3NO3S/c1-4(2)7(12)9(14)8(13)6(11)5(10)3-15-9;1-5(2,3)4/h5-6,8,10-14H,3H2,1-2H3;(H3,1,2,3,4)/t5-,6-,8+,9?;/m1./s1. The number of ether oxygens (including phenoxy) is 1. The average Bonchev–Trinajstić information content (AvgIpc) is 2.28. The molecule has 0 bridgehead atoms. The van der Waals surface area contributed by atoms with Crippen LogP contribution in [0.1, 0.15) is 13.8 Å². The molecule has 11 heteroatoms. The van der Waals surface area contributed by atoms with Crippen molar-refractivity contribution in [2.24, 2.45) is 5.14 Å². The Bertz CT molecular complexity index is 450. The molecule has 10 nitrogen and oxygen atoms in total. The maximum absolute atomic E-state index is 9.82. The average molecular weight is 317 g/mol. The Kier molecular flexibility index (Phi) is 6.51. The summed E-state index contributed by atoms with van der Waals surface area (Å²) in [6.07, 6.45) is -4.65. The number of hydrogen-bond donors (Lipinski definition) is 7. The van der Waals surface area contributed by atoms with Crippen LogP contribution in [0.3, 0.4) is 0 Å². The van der Waals surface area contributed by atoms with E-state index < -0.39 is 40.2 Å². The third-order valence-corrected chi connectivity index (χ3v) is 2.41. The van der Waals surface area contributed by atoms with Crippen LogP contribution in [0.25, 0.3) is 0 Å². The topological polar surface area (TPSA) is 191 Å². The number of aliphatic hydroxyl groups is 5. The molecule has 1 aliphatic heterocycles. The van der Waals surface area contributed by atoms with E-state index in [1.807, 2.05) is 0 Å². The van der Waals surface area contributed by atoms with Crippen molar-refractivity contribution in [3.05, 3.63) is 11.3 Å². The third-order valence-electron chi connectivity index (χ3n) is 2.41. The molecule has 1 unspecified atom stereocenters. The van der Waals surface area contributed by atoms with E-state index in [4.69, 9.17) is 22.8 Å². The Morgan fingerprint density at radius 1 is 1.30 bits per heavy atom. The molecule has 0 saturated carbocycles. The van der Waals surface area contributed by atoms with Crippen LogP contribution in [0.2, 0.25) is 0 Å². The monoisotopic (exact) mass is 317 g/mol. The summed E-state index contributed by atoms with van der Waals surface area (Å²) in [4.78, 5) is 0. The molecule has 0 aromatic heterocycles. The molecule has 20 heavy (non-hydrogen) atoms. The van der Waals surface area contributed by atoms with Crippen LogP contribution in [0.5, 0.6) is 0 Å². The molecule has 120 valence electrons. The molecule has 1 saturated heterocycles. The van der Waals surface area contributed by atoms with Gasteiger partial charge in [0.25, 0.3) is 5.79 Å². The number of hydrogen-bond acceptors (Lipinski definition) is 8. The van der Waals surface area contributed by atoms with Gasteiger partial charge in [-0.25, -0.2) is 5.14 Å². The molecular formula is C9H19NO9S. The highest BCUT2D eigenvalue weighted by atomic mass is 32.2. The van der Waals surface area contributed by atoms with E-state index in [1.54, 1.807) is 0 Å². The Balaban J connectivity index is 0.000000621. The fraction of sp³-hybridized carbons (Fsp3) is 0.778. The molecule has 1 heterocycles. The van der Waals surface area contributed by atoms with E-state index in [2.05, 4.69) is 5.14 Å². The van der Waals surface area contributed by atoms with Crippen LogP contribution in [0.15, 0.2) is 11.3 Å².